The fourth-order valence-corrected chi connectivity index (χ4v) is 3.64. The number of carbonyl (C=O) groups excluding carboxylic acids is 1. The molecule has 0 saturated carbocycles. The van der Waals surface area contributed by atoms with E-state index < -0.39 is 19.5 Å². The summed E-state index contributed by atoms with van der Waals surface area (Å²) in [5.74, 6) is -0.866. The minimum atomic E-state index is -3.51. The quantitative estimate of drug-likeness (QED) is 0.800. The van der Waals surface area contributed by atoms with Gasteiger partial charge >= 0.3 is 13.7 Å². The molecule has 114 valence electrons. The summed E-state index contributed by atoms with van der Waals surface area (Å²) >= 11 is 0. The van der Waals surface area contributed by atoms with E-state index >= 15 is 0 Å². The van der Waals surface area contributed by atoms with E-state index in [0.717, 1.165) is 11.1 Å². The summed E-state index contributed by atoms with van der Waals surface area (Å²) in [5.41, 5.74) is 2.42. The molecule has 1 atom stereocenters. The molecular formula is C14H18NO5P. The van der Waals surface area contributed by atoms with Crippen molar-refractivity contribution in [3.63, 3.8) is 0 Å². The van der Waals surface area contributed by atoms with Crippen LogP contribution < -0.4 is 4.90 Å². The number of aryl methyl sites for hydroxylation is 1. The third-order valence-electron chi connectivity index (χ3n) is 3.36. The smallest absolute Gasteiger partial charge is 0.415 e. The number of ether oxygens (including phenoxy) is 1. The van der Waals surface area contributed by atoms with E-state index in [1.165, 1.54) is 26.2 Å². The second-order valence-corrected chi connectivity index (χ2v) is 6.92. The van der Waals surface area contributed by atoms with E-state index in [4.69, 9.17) is 13.8 Å². The first-order valence-electron chi connectivity index (χ1n) is 6.34. The second-order valence-electron chi connectivity index (χ2n) is 4.58. The molecule has 1 aliphatic heterocycles. The topological polar surface area (TPSA) is 65.1 Å². The van der Waals surface area contributed by atoms with Gasteiger partial charge in [-0.3, -0.25) is 9.46 Å². The van der Waals surface area contributed by atoms with E-state index in [-0.39, 0.29) is 0 Å². The summed E-state index contributed by atoms with van der Waals surface area (Å²) in [6.07, 6.45) is 2.80. The lowest BCUT2D eigenvalue weighted by molar-refractivity contribution is 0.176. The van der Waals surface area contributed by atoms with Gasteiger partial charge in [-0.2, -0.15) is 0 Å². The van der Waals surface area contributed by atoms with Crippen LogP contribution in [0.3, 0.4) is 0 Å². The Morgan fingerprint density at radius 3 is 2.48 bits per heavy atom. The molecule has 2 rings (SSSR count). The van der Waals surface area contributed by atoms with Crippen LogP contribution in [0.15, 0.2) is 24.3 Å². The van der Waals surface area contributed by atoms with Crippen molar-refractivity contribution >= 4 is 25.5 Å². The van der Waals surface area contributed by atoms with Gasteiger partial charge in [0.2, 0.25) is 0 Å². The zero-order valence-electron chi connectivity index (χ0n) is 12.4. The van der Waals surface area contributed by atoms with Crippen LogP contribution in [-0.2, 0) is 18.3 Å². The molecule has 1 unspecified atom stereocenters. The Hall–Kier alpha value is -1.62. The Bertz CT molecular complexity index is 620. The molecule has 0 N–H and O–H groups in total. The van der Waals surface area contributed by atoms with Gasteiger partial charge in [0.25, 0.3) is 0 Å². The maximum absolute atomic E-state index is 12.7. The van der Waals surface area contributed by atoms with Crippen LogP contribution in [0.5, 0.6) is 0 Å². The Kier molecular flexibility index (Phi) is 4.52. The first-order valence-corrected chi connectivity index (χ1v) is 7.95. The molecule has 0 aromatic heterocycles. The maximum Gasteiger partial charge on any atom is 0.415 e. The van der Waals surface area contributed by atoms with Crippen LogP contribution in [0.4, 0.5) is 10.5 Å². The average molecular weight is 311 g/mol. The van der Waals surface area contributed by atoms with E-state index in [1.807, 2.05) is 25.1 Å². The predicted octanol–water partition coefficient (Wildman–Crippen LogP) is 3.41. The molecule has 7 heteroatoms. The largest absolute Gasteiger partial charge is 0.452 e. The molecule has 0 bridgehead atoms. The number of hydrogen-bond donors (Lipinski definition) is 0. The molecule has 0 spiro atoms. The fraction of sp³-hybridized carbons (Fsp3) is 0.357. The molecule has 0 aliphatic carbocycles. The van der Waals surface area contributed by atoms with E-state index in [1.54, 1.807) is 12.2 Å². The maximum atomic E-state index is 12.7. The van der Waals surface area contributed by atoms with E-state index in [0.29, 0.717) is 5.69 Å². The summed E-state index contributed by atoms with van der Waals surface area (Å²) in [6.45, 7) is 1.91. The van der Waals surface area contributed by atoms with Gasteiger partial charge in [0.15, 0.2) is 5.78 Å². The number of methoxy groups -OCH3 is 1. The third kappa shape index (κ3) is 2.75. The summed E-state index contributed by atoms with van der Waals surface area (Å²) < 4.78 is 27.6. The summed E-state index contributed by atoms with van der Waals surface area (Å²) in [5, 5.41) is 0. The van der Waals surface area contributed by atoms with Crippen molar-refractivity contribution in [3.8, 4) is 0 Å². The Balaban J connectivity index is 2.59. The van der Waals surface area contributed by atoms with Crippen LogP contribution in [-0.4, -0.2) is 33.2 Å². The highest BCUT2D eigenvalue weighted by atomic mass is 31.2. The molecule has 0 fully saturated rings. The average Bonchev–Trinajstić information content (AvgIpc) is 2.52. The van der Waals surface area contributed by atoms with E-state index in [9.17, 15) is 9.36 Å². The fourth-order valence-electron chi connectivity index (χ4n) is 2.26. The van der Waals surface area contributed by atoms with Gasteiger partial charge in [0.1, 0.15) is 0 Å². The van der Waals surface area contributed by atoms with E-state index in [2.05, 4.69) is 0 Å². The Labute approximate surface area is 123 Å². The lowest BCUT2D eigenvalue weighted by atomic mass is 10.1. The lowest BCUT2D eigenvalue weighted by Gasteiger charge is -2.35. The zero-order valence-corrected chi connectivity index (χ0v) is 13.3. The van der Waals surface area contributed by atoms with Crippen molar-refractivity contribution in [2.75, 3.05) is 26.2 Å². The van der Waals surface area contributed by atoms with Crippen LogP contribution >= 0.6 is 7.60 Å². The third-order valence-corrected chi connectivity index (χ3v) is 5.43. The van der Waals surface area contributed by atoms with Crippen molar-refractivity contribution in [1.82, 2.24) is 0 Å². The van der Waals surface area contributed by atoms with Gasteiger partial charge in [-0.1, -0.05) is 18.2 Å². The molecule has 1 amide bonds. The van der Waals surface area contributed by atoms with Gasteiger partial charge in [-0.15, -0.1) is 0 Å². The van der Waals surface area contributed by atoms with Crippen LogP contribution in [0.25, 0.3) is 6.08 Å². The van der Waals surface area contributed by atoms with Crippen molar-refractivity contribution in [2.45, 2.75) is 12.7 Å². The molecule has 21 heavy (non-hydrogen) atoms. The van der Waals surface area contributed by atoms with Gasteiger partial charge in [0, 0.05) is 14.2 Å². The van der Waals surface area contributed by atoms with Gasteiger partial charge in [-0.05, 0) is 30.2 Å². The molecule has 1 heterocycles. The van der Waals surface area contributed by atoms with Gasteiger partial charge < -0.3 is 13.8 Å². The normalized spacial score (nSPS) is 17.5. The molecule has 6 nitrogen and oxygen atoms in total. The van der Waals surface area contributed by atoms with Gasteiger partial charge in [0.05, 0.1) is 12.8 Å². The highest BCUT2D eigenvalue weighted by molar-refractivity contribution is 7.55. The highest BCUT2D eigenvalue weighted by Crippen LogP contribution is 2.55. The molecule has 1 aromatic carbocycles. The highest BCUT2D eigenvalue weighted by Gasteiger charge is 2.43. The summed E-state index contributed by atoms with van der Waals surface area (Å²) in [6, 6.07) is 5.65. The summed E-state index contributed by atoms with van der Waals surface area (Å²) in [7, 11) is 0.345. The molecule has 0 saturated heterocycles. The number of amides is 1. The number of benzene rings is 1. The number of nitrogens with zero attached hydrogens (tertiary/aromatic N) is 1. The Morgan fingerprint density at radius 2 is 1.90 bits per heavy atom. The number of anilines is 1. The first kappa shape index (κ1) is 15.8. The number of fused-ring (bicyclic) bond motifs is 1. The second kappa shape index (κ2) is 6.02. The standard InChI is InChI=1S/C14H18NO5P/c1-10-5-6-11-7-8-13(21(17,19-3)20-4)15(12(11)9-10)14(16)18-2/h5-9,13H,1-4H3. The first-order chi connectivity index (χ1) is 9.96. The van der Waals surface area contributed by atoms with Crippen LogP contribution in [0.1, 0.15) is 11.1 Å². The predicted molar refractivity (Wildman–Crippen MR) is 80.5 cm³/mol. The number of hydrogen-bond acceptors (Lipinski definition) is 5. The van der Waals surface area contributed by atoms with Crippen LogP contribution in [0, 0.1) is 6.92 Å². The lowest BCUT2D eigenvalue weighted by Crippen LogP contribution is -2.41. The minimum Gasteiger partial charge on any atom is -0.452 e. The van der Waals surface area contributed by atoms with Crippen molar-refractivity contribution in [2.24, 2.45) is 0 Å². The summed E-state index contributed by atoms with van der Waals surface area (Å²) in [4.78, 5) is 13.5. The monoisotopic (exact) mass is 311 g/mol. The number of carbonyl (C=O) groups is 1. The van der Waals surface area contributed by atoms with Crippen molar-refractivity contribution < 1.29 is 23.1 Å². The SMILES string of the molecule is COC(=O)N1c2cc(C)ccc2C=CC1P(=O)(OC)OC. The Morgan fingerprint density at radius 1 is 1.24 bits per heavy atom. The molecule has 1 aliphatic rings. The zero-order chi connectivity index (χ0) is 15.6. The molecular weight excluding hydrogens is 293 g/mol. The number of rotatable bonds is 3. The van der Waals surface area contributed by atoms with Gasteiger partial charge in [-0.25, -0.2) is 4.79 Å². The minimum absolute atomic E-state index is 0.615. The van der Waals surface area contributed by atoms with Crippen molar-refractivity contribution in [1.29, 1.82) is 0 Å². The van der Waals surface area contributed by atoms with Crippen LogP contribution in [0.2, 0.25) is 0 Å². The molecule has 0 radical (unpaired) electrons. The van der Waals surface area contributed by atoms with Crippen molar-refractivity contribution in [3.05, 3.63) is 35.4 Å². The molecule has 1 aromatic rings.